The Labute approximate surface area is 230 Å². The minimum atomic E-state index is -0.0545. The standard InChI is InChI=1S/C32H26ClN3OS/c1-21(22-7-3-2-4-8-22)34-31(37)18-16-27-32(23-11-14-26(33)15-12-23)35-30-17-13-25(20-36(27)30)29-19-24-9-5-6-10-28(24)38-29/h2-15,17,19-21H,16,18H2,1H3,(H,34,37)/t21-/m0/s1. The van der Waals surface area contributed by atoms with E-state index in [0.29, 0.717) is 17.9 Å². The number of thiophene rings is 1. The molecule has 3 aromatic heterocycles. The fourth-order valence-electron chi connectivity index (χ4n) is 4.81. The number of amides is 1. The lowest BCUT2D eigenvalue weighted by atomic mass is 10.1. The first-order chi connectivity index (χ1) is 18.5. The fraction of sp³-hybridized carbons (Fsp3) is 0.125. The number of nitrogens with zero attached hydrogens (tertiary/aromatic N) is 2. The SMILES string of the molecule is C[C@H](NC(=O)CCc1c(-c2ccc(Cl)cc2)nc2ccc(-c3cc4ccccc4s3)cn12)c1ccccc1. The Morgan fingerprint density at radius 2 is 1.68 bits per heavy atom. The van der Waals surface area contributed by atoms with Gasteiger partial charge in [0, 0.05) is 38.3 Å². The number of aromatic nitrogens is 2. The van der Waals surface area contributed by atoms with Gasteiger partial charge in [0.05, 0.1) is 17.4 Å². The zero-order chi connectivity index (χ0) is 26.1. The molecule has 0 radical (unpaired) electrons. The van der Waals surface area contributed by atoms with Crippen LogP contribution >= 0.6 is 22.9 Å². The maximum Gasteiger partial charge on any atom is 0.220 e. The molecule has 0 fully saturated rings. The van der Waals surface area contributed by atoms with Crippen LogP contribution in [0.25, 0.3) is 37.4 Å². The van der Waals surface area contributed by atoms with E-state index in [1.165, 1.54) is 15.0 Å². The molecule has 6 rings (SSSR count). The van der Waals surface area contributed by atoms with Crippen LogP contribution in [0.2, 0.25) is 5.02 Å². The lowest BCUT2D eigenvalue weighted by Gasteiger charge is -2.14. The molecule has 1 atom stereocenters. The number of nitrogens with one attached hydrogen (secondary N) is 1. The number of carbonyl (C=O) groups is 1. The zero-order valence-corrected chi connectivity index (χ0v) is 22.5. The van der Waals surface area contributed by atoms with Crippen LogP contribution in [0, 0.1) is 0 Å². The molecule has 0 aliphatic carbocycles. The molecule has 0 saturated carbocycles. The van der Waals surface area contributed by atoms with Crippen molar-refractivity contribution in [2.75, 3.05) is 0 Å². The summed E-state index contributed by atoms with van der Waals surface area (Å²) in [4.78, 5) is 19.2. The van der Waals surface area contributed by atoms with E-state index in [0.717, 1.165) is 33.7 Å². The summed E-state index contributed by atoms with van der Waals surface area (Å²) in [6.45, 7) is 2.01. The summed E-state index contributed by atoms with van der Waals surface area (Å²) in [5, 5.41) is 5.06. The van der Waals surface area contributed by atoms with Crippen LogP contribution in [-0.4, -0.2) is 15.3 Å². The summed E-state index contributed by atoms with van der Waals surface area (Å²) >= 11 is 7.94. The normalized spacial score (nSPS) is 12.2. The van der Waals surface area contributed by atoms with Crippen molar-refractivity contribution >= 4 is 44.6 Å². The van der Waals surface area contributed by atoms with Gasteiger partial charge in [0.1, 0.15) is 5.65 Å². The number of aryl methyl sites for hydroxylation is 1. The maximum absolute atomic E-state index is 13.0. The summed E-state index contributed by atoms with van der Waals surface area (Å²) in [6, 6.07) is 32.5. The third-order valence-electron chi connectivity index (χ3n) is 6.81. The number of halogens is 1. The molecule has 0 aliphatic heterocycles. The number of rotatable bonds is 7. The van der Waals surface area contributed by atoms with Crippen molar-refractivity contribution in [2.45, 2.75) is 25.8 Å². The summed E-state index contributed by atoms with van der Waals surface area (Å²) in [6.07, 6.45) is 3.06. The van der Waals surface area contributed by atoms with Crippen LogP contribution in [0.4, 0.5) is 0 Å². The van der Waals surface area contributed by atoms with Crippen molar-refractivity contribution in [1.29, 1.82) is 0 Å². The molecule has 0 saturated heterocycles. The van der Waals surface area contributed by atoms with E-state index in [2.05, 4.69) is 58.4 Å². The number of hydrogen-bond donors (Lipinski definition) is 1. The van der Waals surface area contributed by atoms with E-state index >= 15 is 0 Å². The molecule has 1 N–H and O–H groups in total. The number of imidazole rings is 1. The van der Waals surface area contributed by atoms with E-state index in [-0.39, 0.29) is 11.9 Å². The molecular formula is C32H26ClN3OS. The Kier molecular flexibility index (Phi) is 6.71. The van der Waals surface area contributed by atoms with Gasteiger partial charge < -0.3 is 9.72 Å². The molecule has 6 aromatic rings. The van der Waals surface area contributed by atoms with Crippen molar-refractivity contribution in [3.63, 3.8) is 0 Å². The number of fused-ring (bicyclic) bond motifs is 2. The summed E-state index contributed by atoms with van der Waals surface area (Å²) in [7, 11) is 0. The number of benzene rings is 3. The molecule has 4 nitrogen and oxygen atoms in total. The zero-order valence-electron chi connectivity index (χ0n) is 20.9. The van der Waals surface area contributed by atoms with Gasteiger partial charge in [0.2, 0.25) is 5.91 Å². The van der Waals surface area contributed by atoms with E-state index in [1.54, 1.807) is 11.3 Å². The van der Waals surface area contributed by atoms with Crippen LogP contribution in [0.5, 0.6) is 0 Å². The van der Waals surface area contributed by atoms with Crippen LogP contribution in [-0.2, 0) is 11.2 Å². The first kappa shape index (κ1) is 24.4. The van der Waals surface area contributed by atoms with E-state index in [9.17, 15) is 4.79 Å². The second kappa shape index (κ2) is 10.4. The molecule has 188 valence electrons. The minimum absolute atomic E-state index is 0.0130. The molecule has 3 heterocycles. The lowest BCUT2D eigenvalue weighted by molar-refractivity contribution is -0.121. The summed E-state index contributed by atoms with van der Waals surface area (Å²) < 4.78 is 3.40. The van der Waals surface area contributed by atoms with E-state index in [1.807, 2.05) is 61.5 Å². The largest absolute Gasteiger partial charge is 0.350 e. The fourth-order valence-corrected chi connectivity index (χ4v) is 5.99. The Balaban J connectivity index is 1.34. The van der Waals surface area contributed by atoms with E-state index in [4.69, 9.17) is 16.6 Å². The van der Waals surface area contributed by atoms with Crippen LogP contribution in [0.15, 0.2) is 103 Å². The van der Waals surface area contributed by atoms with Crippen molar-refractivity contribution in [3.05, 3.63) is 120 Å². The van der Waals surface area contributed by atoms with Crippen LogP contribution in [0.1, 0.15) is 30.6 Å². The second-order valence-electron chi connectivity index (χ2n) is 9.41. The predicted octanol–water partition coefficient (Wildman–Crippen LogP) is 8.35. The summed E-state index contributed by atoms with van der Waals surface area (Å²) in [5.74, 6) is 0.0130. The Morgan fingerprint density at radius 3 is 2.47 bits per heavy atom. The molecule has 6 heteroatoms. The smallest absolute Gasteiger partial charge is 0.220 e. The van der Waals surface area contributed by atoms with Crippen LogP contribution < -0.4 is 5.32 Å². The van der Waals surface area contributed by atoms with Crippen LogP contribution in [0.3, 0.4) is 0 Å². The molecule has 3 aromatic carbocycles. The molecule has 0 spiro atoms. The highest BCUT2D eigenvalue weighted by atomic mass is 35.5. The van der Waals surface area contributed by atoms with Gasteiger partial charge in [-0.3, -0.25) is 4.79 Å². The lowest BCUT2D eigenvalue weighted by Crippen LogP contribution is -2.26. The Morgan fingerprint density at radius 1 is 0.947 bits per heavy atom. The first-order valence-corrected chi connectivity index (χ1v) is 13.8. The highest BCUT2D eigenvalue weighted by molar-refractivity contribution is 7.22. The van der Waals surface area contributed by atoms with Gasteiger partial charge in [-0.05, 0) is 60.7 Å². The molecular weight excluding hydrogens is 510 g/mol. The van der Waals surface area contributed by atoms with Gasteiger partial charge in [-0.2, -0.15) is 0 Å². The number of hydrogen-bond acceptors (Lipinski definition) is 3. The molecule has 0 unspecified atom stereocenters. The van der Waals surface area contributed by atoms with Gasteiger partial charge in [-0.15, -0.1) is 11.3 Å². The number of carbonyl (C=O) groups excluding carboxylic acids is 1. The van der Waals surface area contributed by atoms with E-state index < -0.39 is 0 Å². The maximum atomic E-state index is 13.0. The third kappa shape index (κ3) is 4.95. The summed E-state index contributed by atoms with van der Waals surface area (Å²) in [5.41, 5.74) is 5.93. The van der Waals surface area contributed by atoms with Crippen molar-refractivity contribution < 1.29 is 4.79 Å². The second-order valence-corrected chi connectivity index (χ2v) is 10.9. The van der Waals surface area contributed by atoms with Gasteiger partial charge in [-0.1, -0.05) is 72.3 Å². The highest BCUT2D eigenvalue weighted by Gasteiger charge is 2.18. The van der Waals surface area contributed by atoms with Gasteiger partial charge in [-0.25, -0.2) is 4.98 Å². The third-order valence-corrected chi connectivity index (χ3v) is 8.23. The predicted molar refractivity (Wildman–Crippen MR) is 158 cm³/mol. The van der Waals surface area contributed by atoms with Gasteiger partial charge in [0.25, 0.3) is 0 Å². The Bertz CT molecular complexity index is 1710. The van der Waals surface area contributed by atoms with Gasteiger partial charge in [0.15, 0.2) is 0 Å². The number of pyridine rings is 1. The van der Waals surface area contributed by atoms with Crippen molar-refractivity contribution in [3.8, 4) is 21.7 Å². The van der Waals surface area contributed by atoms with Crippen molar-refractivity contribution in [2.24, 2.45) is 0 Å². The van der Waals surface area contributed by atoms with Crippen molar-refractivity contribution in [1.82, 2.24) is 14.7 Å². The monoisotopic (exact) mass is 535 g/mol. The average molecular weight is 536 g/mol. The highest BCUT2D eigenvalue weighted by Crippen LogP contribution is 2.35. The average Bonchev–Trinajstić information content (AvgIpc) is 3.54. The molecule has 0 aliphatic rings. The minimum Gasteiger partial charge on any atom is -0.350 e. The molecule has 38 heavy (non-hydrogen) atoms. The molecule has 1 amide bonds. The van der Waals surface area contributed by atoms with Gasteiger partial charge >= 0.3 is 0 Å². The Hall–Kier alpha value is -3.93. The quantitative estimate of drug-likeness (QED) is 0.223. The first-order valence-electron chi connectivity index (χ1n) is 12.7. The molecule has 0 bridgehead atoms. The topological polar surface area (TPSA) is 46.4 Å².